The molecule has 1 N–H and O–H groups in total. The van der Waals surface area contributed by atoms with E-state index in [9.17, 15) is 22.8 Å². The van der Waals surface area contributed by atoms with Crippen molar-refractivity contribution in [2.75, 3.05) is 18.4 Å². The molecule has 27 heavy (non-hydrogen) atoms. The first kappa shape index (κ1) is 20.8. The van der Waals surface area contributed by atoms with Crippen LogP contribution in [0.5, 0.6) is 0 Å². The third kappa shape index (κ3) is 5.01. The Morgan fingerprint density at radius 2 is 1.67 bits per heavy atom. The van der Waals surface area contributed by atoms with Crippen molar-refractivity contribution in [1.82, 2.24) is 4.90 Å². The molecule has 0 saturated heterocycles. The number of carbonyl (C=O) groups excluding carboxylic acids is 2. The van der Waals surface area contributed by atoms with Crippen LogP contribution in [0.4, 0.5) is 18.9 Å². The van der Waals surface area contributed by atoms with Crippen LogP contribution in [0.2, 0.25) is 5.02 Å². The summed E-state index contributed by atoms with van der Waals surface area (Å²) in [4.78, 5) is 26.4. The van der Waals surface area contributed by atoms with Gasteiger partial charge in [-0.3, -0.25) is 9.59 Å². The van der Waals surface area contributed by atoms with Crippen LogP contribution < -0.4 is 5.32 Å². The Bertz CT molecular complexity index is 849. The fourth-order valence-corrected chi connectivity index (χ4v) is 2.71. The molecule has 2 aromatic carbocycles. The number of amides is 2. The van der Waals surface area contributed by atoms with Gasteiger partial charge in [-0.15, -0.1) is 0 Å². The molecule has 0 unspecified atom stereocenters. The highest BCUT2D eigenvalue weighted by atomic mass is 35.5. The molecule has 2 aromatic rings. The monoisotopic (exact) mass is 398 g/mol. The molecule has 0 saturated carbocycles. The van der Waals surface area contributed by atoms with E-state index in [-0.39, 0.29) is 16.5 Å². The van der Waals surface area contributed by atoms with Crippen molar-refractivity contribution in [1.29, 1.82) is 0 Å². The van der Waals surface area contributed by atoms with Gasteiger partial charge in [-0.25, -0.2) is 0 Å². The summed E-state index contributed by atoms with van der Waals surface area (Å²) in [5.41, 5.74) is -1.08. The fraction of sp³-hybridized carbons (Fsp3) is 0.263. The topological polar surface area (TPSA) is 49.4 Å². The zero-order valence-electron chi connectivity index (χ0n) is 14.7. The smallest absolute Gasteiger partial charge is 0.339 e. The van der Waals surface area contributed by atoms with Crippen LogP contribution >= 0.6 is 11.6 Å². The summed E-state index contributed by atoms with van der Waals surface area (Å²) in [6.07, 6.45) is -4.67. The van der Waals surface area contributed by atoms with Crippen molar-refractivity contribution in [3.05, 3.63) is 64.2 Å². The molecule has 2 amide bonds. The predicted molar refractivity (Wildman–Crippen MR) is 98.1 cm³/mol. The molecule has 2 rings (SSSR count). The number of alkyl halides is 3. The first-order valence-corrected chi connectivity index (χ1v) is 8.62. The first-order chi connectivity index (χ1) is 12.7. The van der Waals surface area contributed by atoms with Crippen LogP contribution in [0.15, 0.2) is 42.5 Å². The third-order valence-corrected chi connectivity index (χ3v) is 4.19. The molecule has 0 spiro atoms. The maximum absolute atomic E-state index is 13.2. The van der Waals surface area contributed by atoms with Crippen molar-refractivity contribution in [3.63, 3.8) is 0 Å². The molecule has 0 heterocycles. The highest BCUT2D eigenvalue weighted by Crippen LogP contribution is 2.36. The van der Waals surface area contributed by atoms with Gasteiger partial charge in [0, 0.05) is 29.2 Å². The van der Waals surface area contributed by atoms with E-state index in [4.69, 9.17) is 11.6 Å². The van der Waals surface area contributed by atoms with E-state index < -0.39 is 23.3 Å². The molecule has 0 aromatic heterocycles. The molecular weight excluding hydrogens is 381 g/mol. The Labute approximate surface area is 159 Å². The van der Waals surface area contributed by atoms with E-state index in [0.717, 1.165) is 12.1 Å². The quantitative estimate of drug-likeness (QED) is 0.762. The van der Waals surface area contributed by atoms with Crippen molar-refractivity contribution in [3.8, 4) is 0 Å². The van der Waals surface area contributed by atoms with Crippen molar-refractivity contribution in [2.45, 2.75) is 20.0 Å². The standard InChI is InChI=1S/C19H18ClF3N2O2/c1-3-25(4-2)18(27)13-7-5-6-12(10-13)17(26)24-16-9-8-14(20)11-15(16)19(21,22)23/h5-11H,3-4H2,1-2H3,(H,24,26). The van der Waals surface area contributed by atoms with E-state index in [2.05, 4.69) is 5.32 Å². The van der Waals surface area contributed by atoms with Crippen LogP contribution in [0.25, 0.3) is 0 Å². The Hall–Kier alpha value is -2.54. The van der Waals surface area contributed by atoms with Crippen molar-refractivity contribution < 1.29 is 22.8 Å². The summed E-state index contributed by atoms with van der Waals surface area (Å²) in [6, 6.07) is 8.95. The number of nitrogens with one attached hydrogen (secondary N) is 1. The number of hydrogen-bond donors (Lipinski definition) is 1. The lowest BCUT2D eigenvalue weighted by atomic mass is 10.1. The molecule has 0 radical (unpaired) electrons. The SMILES string of the molecule is CCN(CC)C(=O)c1cccc(C(=O)Nc2ccc(Cl)cc2C(F)(F)F)c1. The number of hydrogen-bond acceptors (Lipinski definition) is 2. The van der Waals surface area contributed by atoms with Gasteiger partial charge in [-0.05, 0) is 50.2 Å². The fourth-order valence-electron chi connectivity index (χ4n) is 2.54. The Kier molecular flexibility index (Phi) is 6.49. The maximum Gasteiger partial charge on any atom is 0.418 e. The lowest BCUT2D eigenvalue weighted by Gasteiger charge is -2.19. The minimum atomic E-state index is -4.67. The van der Waals surface area contributed by atoms with Gasteiger partial charge in [0.1, 0.15) is 0 Å². The summed E-state index contributed by atoms with van der Waals surface area (Å²) in [5, 5.41) is 2.15. The van der Waals surface area contributed by atoms with E-state index in [1.54, 1.807) is 11.0 Å². The molecular formula is C19H18ClF3N2O2. The lowest BCUT2D eigenvalue weighted by Crippen LogP contribution is -2.30. The van der Waals surface area contributed by atoms with Crippen LogP contribution in [-0.4, -0.2) is 29.8 Å². The van der Waals surface area contributed by atoms with Crippen LogP contribution in [0.1, 0.15) is 40.1 Å². The number of nitrogens with zero attached hydrogens (tertiary/aromatic N) is 1. The lowest BCUT2D eigenvalue weighted by molar-refractivity contribution is -0.136. The molecule has 0 fully saturated rings. The average Bonchev–Trinajstić information content (AvgIpc) is 2.63. The minimum absolute atomic E-state index is 0.0797. The van der Waals surface area contributed by atoms with Gasteiger partial charge in [0.05, 0.1) is 11.3 Å². The predicted octanol–water partition coefficient (Wildman–Crippen LogP) is 5.09. The number of rotatable bonds is 5. The zero-order valence-corrected chi connectivity index (χ0v) is 15.5. The van der Waals surface area contributed by atoms with Gasteiger partial charge in [0.2, 0.25) is 0 Å². The molecule has 8 heteroatoms. The zero-order chi connectivity index (χ0) is 20.2. The second-order valence-electron chi connectivity index (χ2n) is 5.70. The summed E-state index contributed by atoms with van der Waals surface area (Å²) in [6.45, 7) is 4.67. The van der Waals surface area contributed by atoms with Gasteiger partial charge >= 0.3 is 6.18 Å². The largest absolute Gasteiger partial charge is 0.418 e. The molecule has 0 atom stereocenters. The number of anilines is 1. The van der Waals surface area contributed by atoms with Gasteiger partial charge in [0.15, 0.2) is 0 Å². The first-order valence-electron chi connectivity index (χ1n) is 8.24. The second-order valence-corrected chi connectivity index (χ2v) is 6.14. The Morgan fingerprint density at radius 3 is 2.26 bits per heavy atom. The third-order valence-electron chi connectivity index (χ3n) is 3.96. The molecule has 0 aliphatic heterocycles. The average molecular weight is 399 g/mol. The minimum Gasteiger partial charge on any atom is -0.339 e. The maximum atomic E-state index is 13.2. The van der Waals surface area contributed by atoms with Gasteiger partial charge < -0.3 is 10.2 Å². The van der Waals surface area contributed by atoms with E-state index in [1.165, 1.54) is 24.3 Å². The second kappa shape index (κ2) is 8.43. The molecule has 0 aliphatic carbocycles. The Morgan fingerprint density at radius 1 is 1.04 bits per heavy atom. The summed E-state index contributed by atoms with van der Waals surface area (Å²) in [7, 11) is 0. The summed E-state index contributed by atoms with van der Waals surface area (Å²) >= 11 is 5.63. The van der Waals surface area contributed by atoms with Crippen molar-refractivity contribution >= 4 is 29.1 Å². The highest BCUT2D eigenvalue weighted by Gasteiger charge is 2.34. The van der Waals surface area contributed by atoms with Gasteiger partial charge in [-0.2, -0.15) is 13.2 Å². The number of carbonyl (C=O) groups is 2. The van der Waals surface area contributed by atoms with Crippen molar-refractivity contribution in [2.24, 2.45) is 0 Å². The van der Waals surface area contributed by atoms with Crippen LogP contribution in [0.3, 0.4) is 0 Å². The van der Waals surface area contributed by atoms with Crippen LogP contribution in [-0.2, 0) is 6.18 Å². The summed E-state index contributed by atoms with van der Waals surface area (Å²) < 4.78 is 39.5. The van der Waals surface area contributed by atoms with E-state index in [1.807, 2.05) is 13.8 Å². The van der Waals surface area contributed by atoms with Gasteiger partial charge in [0.25, 0.3) is 11.8 Å². The van der Waals surface area contributed by atoms with E-state index in [0.29, 0.717) is 18.7 Å². The Balaban J connectivity index is 2.30. The normalized spacial score (nSPS) is 11.2. The highest BCUT2D eigenvalue weighted by molar-refractivity contribution is 6.30. The number of halogens is 4. The van der Waals surface area contributed by atoms with Gasteiger partial charge in [-0.1, -0.05) is 17.7 Å². The van der Waals surface area contributed by atoms with Crippen LogP contribution in [0, 0.1) is 0 Å². The molecule has 144 valence electrons. The molecule has 0 aliphatic rings. The molecule has 0 bridgehead atoms. The van der Waals surface area contributed by atoms with E-state index >= 15 is 0 Å². The molecule has 4 nitrogen and oxygen atoms in total. The number of benzene rings is 2. The summed E-state index contributed by atoms with van der Waals surface area (Å²) in [5.74, 6) is -1.01.